The Hall–Kier alpha value is -3.52. The van der Waals surface area contributed by atoms with Crippen LogP contribution >= 0.6 is 0 Å². The fourth-order valence-electron chi connectivity index (χ4n) is 3.11. The molecule has 0 aliphatic carbocycles. The molecule has 8 heteroatoms. The number of aromatic amines is 1. The van der Waals surface area contributed by atoms with Crippen LogP contribution in [0.25, 0.3) is 32.3 Å². The van der Waals surface area contributed by atoms with Crippen LogP contribution in [0.4, 0.5) is 11.4 Å². The molecule has 5 N–H and O–H groups in total. The molecule has 0 saturated heterocycles. The van der Waals surface area contributed by atoms with Crippen molar-refractivity contribution in [1.29, 1.82) is 0 Å². The van der Waals surface area contributed by atoms with Crippen LogP contribution in [0.3, 0.4) is 0 Å². The lowest BCUT2D eigenvalue weighted by Crippen LogP contribution is -2.17. The van der Waals surface area contributed by atoms with Crippen molar-refractivity contribution in [2.75, 3.05) is 32.1 Å². The van der Waals surface area contributed by atoms with E-state index in [0.717, 1.165) is 6.54 Å². The molecular weight excluding hydrogens is 360 g/mol. The summed E-state index contributed by atoms with van der Waals surface area (Å²) in [6.07, 6.45) is 0. The van der Waals surface area contributed by atoms with Crippen LogP contribution in [0.15, 0.2) is 43.4 Å². The molecule has 0 fully saturated rings. The quantitative estimate of drug-likeness (QED) is 0.248. The van der Waals surface area contributed by atoms with Gasteiger partial charge in [-0.05, 0) is 20.6 Å². The number of nitrogen functional groups attached to an aromatic ring is 2. The summed E-state index contributed by atoms with van der Waals surface area (Å²) in [7, 11) is 4.11. The van der Waals surface area contributed by atoms with Gasteiger partial charge in [-0.1, -0.05) is 31.2 Å². The molecular formula is C20H20N4O4. The molecule has 0 saturated carbocycles. The summed E-state index contributed by atoms with van der Waals surface area (Å²) in [5.41, 5.74) is 9.07. The van der Waals surface area contributed by atoms with E-state index in [4.69, 9.17) is 11.5 Å². The first kappa shape index (κ1) is 19.2. The fraction of sp³-hybridized carbons (Fsp3) is 0.200. The third kappa shape index (κ3) is 2.74. The maximum Gasteiger partial charge on any atom is 0.261 e. The van der Waals surface area contributed by atoms with Crippen molar-refractivity contribution in [3.8, 4) is 0 Å². The van der Waals surface area contributed by atoms with Crippen molar-refractivity contribution in [1.82, 2.24) is 9.88 Å². The normalized spacial score (nSPS) is 11.3. The van der Waals surface area contributed by atoms with E-state index < -0.39 is 22.0 Å². The highest BCUT2D eigenvalue weighted by Crippen LogP contribution is 2.30. The van der Waals surface area contributed by atoms with Crippen LogP contribution in [0.2, 0.25) is 0 Å². The van der Waals surface area contributed by atoms with Gasteiger partial charge in [-0.15, -0.1) is 0 Å². The van der Waals surface area contributed by atoms with E-state index in [1.807, 2.05) is 0 Å². The summed E-state index contributed by atoms with van der Waals surface area (Å²) in [5.74, 6) is 0. The Morgan fingerprint density at radius 1 is 0.786 bits per heavy atom. The van der Waals surface area contributed by atoms with Crippen molar-refractivity contribution in [2.24, 2.45) is 0 Å². The molecule has 0 spiro atoms. The standard InChI is InChI=1S/C16H9N3O4.C4H11N/c17-11-7-8(12(18)10-9(11)15(22)19-16(10)23)14(21)6-4-2-1-3-5(6)13(7)20;1-4-5(2)3/h1-4H,17-18H2,(H,19,22,23);4H2,1-3H3. The molecule has 1 aromatic heterocycles. The van der Waals surface area contributed by atoms with Crippen molar-refractivity contribution < 1.29 is 0 Å². The maximum absolute atomic E-state index is 12.7. The van der Waals surface area contributed by atoms with E-state index in [9.17, 15) is 19.2 Å². The number of fused-ring (bicyclic) bond motifs is 3. The van der Waals surface area contributed by atoms with E-state index in [1.54, 1.807) is 12.1 Å². The lowest BCUT2D eigenvalue weighted by Gasteiger charge is -2.07. The monoisotopic (exact) mass is 380 g/mol. The molecule has 3 aromatic carbocycles. The van der Waals surface area contributed by atoms with Crippen LogP contribution in [0, 0.1) is 0 Å². The molecule has 28 heavy (non-hydrogen) atoms. The number of hydrogen-bond acceptors (Lipinski definition) is 7. The molecule has 144 valence electrons. The zero-order valence-electron chi connectivity index (χ0n) is 15.8. The number of anilines is 2. The zero-order valence-corrected chi connectivity index (χ0v) is 15.8. The second-order valence-electron chi connectivity index (χ2n) is 6.71. The van der Waals surface area contributed by atoms with Crippen molar-refractivity contribution >= 4 is 43.7 Å². The molecule has 0 aliphatic heterocycles. The SMILES string of the molecule is CCN(C)C.Nc1c2c(=O)[nH]c(=O)c2c(N)c2c(=O)c3ccccc3c(=O)c12. The second-order valence-corrected chi connectivity index (χ2v) is 6.71. The summed E-state index contributed by atoms with van der Waals surface area (Å²) in [4.78, 5) is 53.4. The Bertz CT molecular complexity index is 1320. The minimum absolute atomic E-state index is 0.116. The Kier molecular flexibility index (Phi) is 4.74. The molecule has 4 aromatic rings. The van der Waals surface area contributed by atoms with Gasteiger partial charge in [-0.3, -0.25) is 24.2 Å². The lowest BCUT2D eigenvalue weighted by molar-refractivity contribution is 0.434. The zero-order chi connectivity index (χ0) is 20.7. The van der Waals surface area contributed by atoms with Gasteiger partial charge in [-0.2, -0.15) is 0 Å². The highest BCUT2D eigenvalue weighted by Gasteiger charge is 2.22. The molecule has 0 atom stereocenters. The molecule has 0 amide bonds. The van der Waals surface area contributed by atoms with Gasteiger partial charge in [0.05, 0.1) is 32.9 Å². The van der Waals surface area contributed by atoms with E-state index in [-0.39, 0.29) is 43.7 Å². The first-order valence-electron chi connectivity index (χ1n) is 8.64. The predicted octanol–water partition coefficient (Wildman–Crippen LogP) is 0.523. The van der Waals surface area contributed by atoms with Gasteiger partial charge < -0.3 is 16.4 Å². The van der Waals surface area contributed by atoms with Crippen LogP contribution in [0.5, 0.6) is 0 Å². The summed E-state index contributed by atoms with van der Waals surface area (Å²) in [6, 6.07) is 6.26. The average molecular weight is 380 g/mol. The van der Waals surface area contributed by atoms with E-state index >= 15 is 0 Å². The Balaban J connectivity index is 0.000000403. The first-order chi connectivity index (χ1) is 13.2. The predicted molar refractivity (Wildman–Crippen MR) is 114 cm³/mol. The highest BCUT2D eigenvalue weighted by molar-refractivity contribution is 6.20. The van der Waals surface area contributed by atoms with Crippen molar-refractivity contribution in [2.45, 2.75) is 6.92 Å². The molecule has 8 nitrogen and oxygen atoms in total. The highest BCUT2D eigenvalue weighted by atomic mass is 16.2. The Morgan fingerprint density at radius 3 is 1.46 bits per heavy atom. The van der Waals surface area contributed by atoms with Crippen LogP contribution < -0.4 is 33.4 Å². The summed E-state index contributed by atoms with van der Waals surface area (Å²) in [6.45, 7) is 3.26. The third-order valence-electron chi connectivity index (χ3n) is 4.76. The number of nitrogens with zero attached hydrogens (tertiary/aromatic N) is 1. The number of nitrogens with two attached hydrogens (primary N) is 2. The average Bonchev–Trinajstić information content (AvgIpc) is 2.97. The minimum Gasteiger partial charge on any atom is -0.397 e. The molecule has 0 radical (unpaired) electrons. The fourth-order valence-corrected chi connectivity index (χ4v) is 3.11. The number of nitrogens with one attached hydrogen (secondary N) is 1. The maximum atomic E-state index is 12.7. The van der Waals surface area contributed by atoms with Gasteiger partial charge in [0.1, 0.15) is 0 Å². The number of aromatic nitrogens is 1. The number of H-pyrrole nitrogens is 1. The van der Waals surface area contributed by atoms with E-state index in [2.05, 4.69) is 30.9 Å². The molecule has 0 bridgehead atoms. The number of benzene rings is 3. The Morgan fingerprint density at radius 2 is 1.14 bits per heavy atom. The number of hydrogen-bond donors (Lipinski definition) is 3. The second kappa shape index (κ2) is 6.90. The summed E-state index contributed by atoms with van der Waals surface area (Å²) >= 11 is 0. The van der Waals surface area contributed by atoms with Crippen LogP contribution in [-0.4, -0.2) is 30.5 Å². The van der Waals surface area contributed by atoms with Gasteiger partial charge in [-0.25, -0.2) is 0 Å². The van der Waals surface area contributed by atoms with Gasteiger partial charge in [0.2, 0.25) is 0 Å². The minimum atomic E-state index is -0.726. The topological polar surface area (TPSA) is 139 Å². The van der Waals surface area contributed by atoms with Crippen LogP contribution in [-0.2, 0) is 0 Å². The lowest BCUT2D eigenvalue weighted by atomic mass is 9.97. The summed E-state index contributed by atoms with van der Waals surface area (Å²) in [5, 5.41) is -0.135. The van der Waals surface area contributed by atoms with E-state index in [1.165, 1.54) is 12.1 Å². The summed E-state index contributed by atoms with van der Waals surface area (Å²) < 4.78 is 0. The number of rotatable bonds is 1. The van der Waals surface area contributed by atoms with Gasteiger partial charge in [0.25, 0.3) is 11.1 Å². The first-order valence-corrected chi connectivity index (χ1v) is 8.64. The van der Waals surface area contributed by atoms with Crippen molar-refractivity contribution in [3.63, 3.8) is 0 Å². The van der Waals surface area contributed by atoms with Gasteiger partial charge >= 0.3 is 0 Å². The molecule has 4 rings (SSSR count). The smallest absolute Gasteiger partial charge is 0.261 e. The van der Waals surface area contributed by atoms with E-state index in [0.29, 0.717) is 0 Å². The third-order valence-corrected chi connectivity index (χ3v) is 4.76. The molecule has 0 unspecified atom stereocenters. The molecule has 1 heterocycles. The van der Waals surface area contributed by atoms with Crippen molar-refractivity contribution in [3.05, 3.63) is 65.4 Å². The van der Waals surface area contributed by atoms with Gasteiger partial charge in [0.15, 0.2) is 10.9 Å². The largest absolute Gasteiger partial charge is 0.397 e. The van der Waals surface area contributed by atoms with Gasteiger partial charge in [0, 0.05) is 10.8 Å². The Labute approximate surface area is 158 Å². The van der Waals surface area contributed by atoms with Crippen LogP contribution in [0.1, 0.15) is 6.92 Å². The molecule has 0 aliphatic rings.